The molecule has 0 unspecified atom stereocenters. The zero-order valence-corrected chi connectivity index (χ0v) is 15.6. The highest BCUT2D eigenvalue weighted by atomic mass is 16.6. The SMILES string of the molecule is CCOC(=O)N1CCN(C(=O)c2cncc(Nc3ccc(C)cc3)c2)CC1. The van der Waals surface area contributed by atoms with Gasteiger partial charge in [0, 0.05) is 38.1 Å². The average Bonchev–Trinajstić information content (AvgIpc) is 2.70. The minimum absolute atomic E-state index is 0.0847. The summed E-state index contributed by atoms with van der Waals surface area (Å²) in [7, 11) is 0. The Morgan fingerprint density at radius 2 is 1.70 bits per heavy atom. The molecule has 2 heterocycles. The van der Waals surface area contributed by atoms with Gasteiger partial charge in [0.2, 0.25) is 0 Å². The number of rotatable bonds is 4. The summed E-state index contributed by atoms with van der Waals surface area (Å²) in [6.07, 6.45) is 2.94. The second kappa shape index (κ2) is 8.53. The zero-order valence-electron chi connectivity index (χ0n) is 15.6. The molecule has 1 aromatic heterocycles. The second-order valence-corrected chi connectivity index (χ2v) is 6.43. The third-order valence-corrected chi connectivity index (χ3v) is 4.42. The maximum absolute atomic E-state index is 12.8. The Labute approximate surface area is 158 Å². The van der Waals surface area contributed by atoms with Crippen LogP contribution in [0.3, 0.4) is 0 Å². The molecule has 1 N–H and O–H groups in total. The molecule has 1 aliphatic rings. The lowest BCUT2D eigenvalue weighted by Crippen LogP contribution is -2.50. The van der Waals surface area contributed by atoms with Gasteiger partial charge in [-0.1, -0.05) is 17.7 Å². The first-order valence-electron chi connectivity index (χ1n) is 9.06. The van der Waals surface area contributed by atoms with E-state index in [1.807, 2.05) is 31.2 Å². The molecular weight excluding hydrogens is 344 g/mol. The number of ether oxygens (including phenoxy) is 1. The summed E-state index contributed by atoms with van der Waals surface area (Å²) in [6, 6.07) is 9.81. The molecule has 1 aromatic carbocycles. The third-order valence-electron chi connectivity index (χ3n) is 4.42. The standard InChI is InChI=1S/C20H24N4O3/c1-3-27-20(26)24-10-8-23(9-11-24)19(25)16-12-18(14-21-13-16)22-17-6-4-15(2)5-7-17/h4-7,12-14,22H,3,8-11H2,1-2H3. The Kier molecular flexibility index (Phi) is 5.90. The van der Waals surface area contributed by atoms with E-state index < -0.39 is 0 Å². The van der Waals surface area contributed by atoms with Crippen molar-refractivity contribution in [3.8, 4) is 0 Å². The number of aromatic nitrogens is 1. The van der Waals surface area contributed by atoms with Crippen molar-refractivity contribution in [2.24, 2.45) is 0 Å². The van der Waals surface area contributed by atoms with Crippen molar-refractivity contribution in [2.45, 2.75) is 13.8 Å². The summed E-state index contributed by atoms with van der Waals surface area (Å²) < 4.78 is 5.01. The monoisotopic (exact) mass is 368 g/mol. The Morgan fingerprint density at radius 1 is 1.04 bits per heavy atom. The van der Waals surface area contributed by atoms with Crippen molar-refractivity contribution in [3.05, 3.63) is 53.9 Å². The fourth-order valence-electron chi connectivity index (χ4n) is 2.92. The topological polar surface area (TPSA) is 74.8 Å². The summed E-state index contributed by atoms with van der Waals surface area (Å²) in [5.74, 6) is -0.0847. The predicted octanol–water partition coefficient (Wildman–Crippen LogP) is 3.05. The molecule has 0 bridgehead atoms. The van der Waals surface area contributed by atoms with Gasteiger partial charge >= 0.3 is 6.09 Å². The van der Waals surface area contributed by atoms with Crippen molar-refractivity contribution in [3.63, 3.8) is 0 Å². The van der Waals surface area contributed by atoms with E-state index in [1.54, 1.807) is 35.2 Å². The summed E-state index contributed by atoms with van der Waals surface area (Å²) in [4.78, 5) is 32.1. The Balaban J connectivity index is 1.62. The molecule has 3 rings (SSSR count). The summed E-state index contributed by atoms with van der Waals surface area (Å²) >= 11 is 0. The molecule has 2 amide bonds. The number of nitrogens with zero attached hydrogens (tertiary/aromatic N) is 3. The highest BCUT2D eigenvalue weighted by molar-refractivity contribution is 5.95. The van der Waals surface area contributed by atoms with Gasteiger partial charge in [-0.25, -0.2) is 4.79 Å². The van der Waals surface area contributed by atoms with Crippen molar-refractivity contribution in [2.75, 3.05) is 38.1 Å². The number of pyridine rings is 1. The van der Waals surface area contributed by atoms with Crippen LogP contribution in [-0.2, 0) is 4.74 Å². The summed E-state index contributed by atoms with van der Waals surface area (Å²) in [5, 5.41) is 3.26. The second-order valence-electron chi connectivity index (χ2n) is 6.43. The smallest absolute Gasteiger partial charge is 0.409 e. The van der Waals surface area contributed by atoms with Gasteiger partial charge in [0.05, 0.1) is 24.1 Å². The molecule has 7 heteroatoms. The molecule has 0 radical (unpaired) electrons. The first kappa shape index (κ1) is 18.7. The minimum Gasteiger partial charge on any atom is -0.450 e. The van der Waals surface area contributed by atoms with Crippen LogP contribution in [0.2, 0.25) is 0 Å². The fourth-order valence-corrected chi connectivity index (χ4v) is 2.92. The molecule has 0 atom stereocenters. The molecular formula is C20H24N4O3. The van der Waals surface area contributed by atoms with Crippen LogP contribution < -0.4 is 5.32 Å². The van der Waals surface area contributed by atoms with E-state index in [4.69, 9.17) is 4.74 Å². The van der Waals surface area contributed by atoms with Crippen molar-refractivity contribution in [1.29, 1.82) is 0 Å². The number of piperazine rings is 1. The molecule has 2 aromatic rings. The number of amides is 2. The number of carbonyl (C=O) groups is 2. The highest BCUT2D eigenvalue weighted by Gasteiger charge is 2.25. The number of hydrogen-bond donors (Lipinski definition) is 1. The van der Waals surface area contributed by atoms with Gasteiger partial charge in [-0.15, -0.1) is 0 Å². The van der Waals surface area contributed by atoms with Crippen LogP contribution in [0, 0.1) is 6.92 Å². The van der Waals surface area contributed by atoms with Gasteiger partial charge in [-0.2, -0.15) is 0 Å². The molecule has 1 aliphatic heterocycles. The fraction of sp³-hybridized carbons (Fsp3) is 0.350. The number of carbonyl (C=O) groups excluding carboxylic acids is 2. The van der Waals surface area contributed by atoms with E-state index in [0.29, 0.717) is 38.3 Å². The summed E-state index contributed by atoms with van der Waals surface area (Å²) in [6.45, 7) is 6.07. The zero-order chi connectivity index (χ0) is 19.2. The van der Waals surface area contributed by atoms with E-state index in [1.165, 1.54) is 5.56 Å². The van der Waals surface area contributed by atoms with Crippen LogP contribution in [0.5, 0.6) is 0 Å². The van der Waals surface area contributed by atoms with Gasteiger partial charge < -0.3 is 19.9 Å². The molecule has 142 valence electrons. The molecule has 0 spiro atoms. The van der Waals surface area contributed by atoms with Gasteiger partial charge in [0.25, 0.3) is 5.91 Å². The lowest BCUT2D eigenvalue weighted by atomic mass is 10.2. The van der Waals surface area contributed by atoms with Crippen molar-refractivity contribution in [1.82, 2.24) is 14.8 Å². The molecule has 0 saturated carbocycles. The Morgan fingerprint density at radius 3 is 2.37 bits per heavy atom. The van der Waals surface area contributed by atoms with Crippen molar-refractivity contribution >= 4 is 23.4 Å². The van der Waals surface area contributed by atoms with Crippen molar-refractivity contribution < 1.29 is 14.3 Å². The Bertz CT molecular complexity index is 799. The van der Waals surface area contributed by atoms with Crippen LogP contribution in [0.1, 0.15) is 22.8 Å². The molecule has 1 fully saturated rings. The van der Waals surface area contributed by atoms with E-state index in [2.05, 4.69) is 10.3 Å². The van der Waals surface area contributed by atoms with E-state index >= 15 is 0 Å². The first-order valence-corrected chi connectivity index (χ1v) is 9.06. The lowest BCUT2D eigenvalue weighted by Gasteiger charge is -2.34. The minimum atomic E-state index is -0.324. The molecule has 1 saturated heterocycles. The predicted molar refractivity (Wildman–Crippen MR) is 103 cm³/mol. The number of hydrogen-bond acceptors (Lipinski definition) is 5. The van der Waals surface area contributed by atoms with Crippen LogP contribution in [0.15, 0.2) is 42.7 Å². The van der Waals surface area contributed by atoms with Crippen LogP contribution in [0.4, 0.5) is 16.2 Å². The quantitative estimate of drug-likeness (QED) is 0.898. The molecule has 0 aliphatic carbocycles. The van der Waals surface area contributed by atoms with Gasteiger partial charge in [-0.05, 0) is 32.0 Å². The summed E-state index contributed by atoms with van der Waals surface area (Å²) in [5.41, 5.74) is 3.41. The largest absolute Gasteiger partial charge is 0.450 e. The van der Waals surface area contributed by atoms with E-state index in [0.717, 1.165) is 11.4 Å². The van der Waals surface area contributed by atoms with E-state index in [-0.39, 0.29) is 12.0 Å². The normalized spacial score (nSPS) is 14.0. The van der Waals surface area contributed by atoms with Crippen LogP contribution in [0.25, 0.3) is 0 Å². The number of anilines is 2. The lowest BCUT2D eigenvalue weighted by molar-refractivity contribution is 0.0570. The third kappa shape index (κ3) is 4.75. The molecule has 27 heavy (non-hydrogen) atoms. The number of nitrogens with one attached hydrogen (secondary N) is 1. The maximum atomic E-state index is 12.8. The van der Waals surface area contributed by atoms with Gasteiger partial charge in [0.15, 0.2) is 0 Å². The van der Waals surface area contributed by atoms with Gasteiger partial charge in [-0.3, -0.25) is 9.78 Å². The first-order chi connectivity index (χ1) is 13.1. The highest BCUT2D eigenvalue weighted by Crippen LogP contribution is 2.18. The number of benzene rings is 1. The van der Waals surface area contributed by atoms with Crippen LogP contribution in [-0.4, -0.2) is 59.6 Å². The number of aryl methyl sites for hydroxylation is 1. The Hall–Kier alpha value is -3.09. The molecule has 7 nitrogen and oxygen atoms in total. The van der Waals surface area contributed by atoms with Gasteiger partial charge in [0.1, 0.15) is 0 Å². The van der Waals surface area contributed by atoms with E-state index in [9.17, 15) is 9.59 Å². The maximum Gasteiger partial charge on any atom is 0.409 e. The van der Waals surface area contributed by atoms with Crippen LogP contribution >= 0.6 is 0 Å². The average molecular weight is 368 g/mol.